The predicted molar refractivity (Wildman–Crippen MR) is 121 cm³/mol. The summed E-state index contributed by atoms with van der Waals surface area (Å²) in [5.41, 5.74) is 3.24. The Balaban J connectivity index is 1.96. The van der Waals surface area contributed by atoms with Crippen LogP contribution in [0.5, 0.6) is 0 Å². The van der Waals surface area contributed by atoms with E-state index in [1.54, 1.807) is 0 Å². The summed E-state index contributed by atoms with van der Waals surface area (Å²) < 4.78 is 47.9. The van der Waals surface area contributed by atoms with Gasteiger partial charge in [-0.25, -0.2) is 18.7 Å². The maximum Gasteiger partial charge on any atom is 0.267 e. The van der Waals surface area contributed by atoms with E-state index in [0.29, 0.717) is 5.56 Å². The smallest absolute Gasteiger partial charge is 0.267 e. The second-order valence-corrected chi connectivity index (χ2v) is 11.2. The monoisotopic (exact) mass is 443 g/mol. The van der Waals surface area contributed by atoms with Crippen molar-refractivity contribution in [1.82, 2.24) is 5.48 Å². The number of benzene rings is 3. The number of hydrogen-bond donors (Lipinski definition) is 1. The van der Waals surface area contributed by atoms with Crippen molar-refractivity contribution >= 4 is 19.4 Å². The van der Waals surface area contributed by atoms with E-state index in [9.17, 15) is 13.2 Å². The number of nitrogens with one attached hydrogen (secondary N) is 1. The van der Waals surface area contributed by atoms with Gasteiger partial charge in [-0.3, -0.25) is 0 Å². The Bertz CT molecular complexity index is 930. The van der Waals surface area contributed by atoms with Gasteiger partial charge in [-0.1, -0.05) is 88.4 Å². The first-order chi connectivity index (χ1) is 14.7. The van der Waals surface area contributed by atoms with Gasteiger partial charge in [0.2, 0.25) is 0 Å². The summed E-state index contributed by atoms with van der Waals surface area (Å²) in [7, 11) is -2.13. The van der Waals surface area contributed by atoms with Crippen LogP contribution in [-0.2, 0) is 4.53 Å². The molecule has 3 rings (SSSR count). The second kappa shape index (κ2) is 9.81. The van der Waals surface area contributed by atoms with Crippen LogP contribution in [0.2, 0.25) is 0 Å². The van der Waals surface area contributed by atoms with Gasteiger partial charge in [-0.15, -0.1) is 0 Å². The Hall–Kier alpha value is -2.41. The summed E-state index contributed by atoms with van der Waals surface area (Å²) in [6.45, 7) is 8.13. The predicted octanol–water partition coefficient (Wildman–Crippen LogP) is 4.89. The van der Waals surface area contributed by atoms with E-state index in [2.05, 4.69) is 5.48 Å². The SMILES string of the molecule is C[C@@H]([C@@H](NO[SiH](c1ccccc1)c1ccccc1)c1cc(F)c(F)c(F)c1)C(C)(C)C. The average Bonchev–Trinajstić information content (AvgIpc) is 2.75. The third-order valence-electron chi connectivity index (χ3n) is 5.75. The van der Waals surface area contributed by atoms with Gasteiger partial charge in [0.25, 0.3) is 9.04 Å². The van der Waals surface area contributed by atoms with Gasteiger partial charge in [0.05, 0.1) is 6.04 Å². The van der Waals surface area contributed by atoms with Crippen LogP contribution in [0, 0.1) is 28.8 Å². The second-order valence-electron chi connectivity index (χ2n) is 8.87. The molecule has 6 heteroatoms. The highest BCUT2D eigenvalue weighted by Crippen LogP contribution is 2.36. The Morgan fingerprint density at radius 1 is 0.806 bits per heavy atom. The highest BCUT2D eigenvalue weighted by atomic mass is 28.3. The molecule has 0 radical (unpaired) electrons. The van der Waals surface area contributed by atoms with Gasteiger partial charge < -0.3 is 4.53 Å². The van der Waals surface area contributed by atoms with Gasteiger partial charge in [0.15, 0.2) is 17.5 Å². The topological polar surface area (TPSA) is 21.3 Å². The van der Waals surface area contributed by atoms with Gasteiger partial charge >= 0.3 is 0 Å². The van der Waals surface area contributed by atoms with Gasteiger partial charge in [-0.05, 0) is 39.4 Å². The van der Waals surface area contributed by atoms with Crippen LogP contribution in [-0.4, -0.2) is 9.04 Å². The van der Waals surface area contributed by atoms with Gasteiger partial charge in [0, 0.05) is 0 Å². The minimum absolute atomic E-state index is 0.0713. The molecule has 1 N–H and O–H groups in total. The quantitative estimate of drug-likeness (QED) is 0.319. The normalized spacial score (nSPS) is 13.9. The van der Waals surface area contributed by atoms with Crippen molar-refractivity contribution < 1.29 is 17.7 Å². The van der Waals surface area contributed by atoms with Crippen molar-refractivity contribution in [2.75, 3.05) is 0 Å². The molecule has 0 spiro atoms. The van der Waals surface area contributed by atoms with Gasteiger partial charge in [-0.2, -0.15) is 0 Å². The summed E-state index contributed by atoms with van der Waals surface area (Å²) in [6, 6.07) is 21.4. The van der Waals surface area contributed by atoms with E-state index in [4.69, 9.17) is 4.53 Å². The molecule has 3 aromatic carbocycles. The molecule has 0 aromatic heterocycles. The Morgan fingerprint density at radius 2 is 1.26 bits per heavy atom. The minimum Gasteiger partial charge on any atom is -0.338 e. The lowest BCUT2D eigenvalue weighted by Crippen LogP contribution is -2.49. The van der Waals surface area contributed by atoms with Crippen LogP contribution in [0.4, 0.5) is 13.2 Å². The first-order valence-corrected chi connectivity index (χ1v) is 12.0. The van der Waals surface area contributed by atoms with Crippen LogP contribution in [0.25, 0.3) is 0 Å². The largest absolute Gasteiger partial charge is 0.338 e. The maximum atomic E-state index is 14.0. The van der Waals surface area contributed by atoms with E-state index in [-0.39, 0.29) is 11.3 Å². The van der Waals surface area contributed by atoms with Crippen LogP contribution in [0.1, 0.15) is 39.3 Å². The number of halogens is 3. The molecule has 0 fully saturated rings. The van der Waals surface area contributed by atoms with E-state index in [0.717, 1.165) is 22.5 Å². The summed E-state index contributed by atoms with van der Waals surface area (Å²) in [6.07, 6.45) is 0. The fourth-order valence-corrected chi connectivity index (χ4v) is 5.52. The van der Waals surface area contributed by atoms with Crippen molar-refractivity contribution in [2.24, 2.45) is 11.3 Å². The summed E-state index contributed by atoms with van der Waals surface area (Å²) in [5.74, 6) is -3.95. The summed E-state index contributed by atoms with van der Waals surface area (Å²) in [5, 5.41) is 2.14. The number of hydrogen-bond acceptors (Lipinski definition) is 2. The van der Waals surface area contributed by atoms with E-state index in [1.807, 2.05) is 88.4 Å². The molecule has 2 nitrogen and oxygen atoms in total. The van der Waals surface area contributed by atoms with Crippen LogP contribution in [0.15, 0.2) is 72.8 Å². The fourth-order valence-electron chi connectivity index (χ4n) is 3.44. The van der Waals surface area contributed by atoms with Crippen LogP contribution in [0.3, 0.4) is 0 Å². The van der Waals surface area contributed by atoms with E-state index in [1.165, 1.54) is 0 Å². The lowest BCUT2D eigenvalue weighted by atomic mass is 9.76. The Morgan fingerprint density at radius 3 is 1.68 bits per heavy atom. The molecule has 0 amide bonds. The first kappa shape index (κ1) is 23.3. The maximum absolute atomic E-state index is 14.0. The van der Waals surface area contributed by atoms with Crippen LogP contribution < -0.4 is 15.9 Å². The Kier molecular flexibility index (Phi) is 7.36. The molecule has 0 unspecified atom stereocenters. The van der Waals surface area contributed by atoms with Crippen molar-refractivity contribution in [3.63, 3.8) is 0 Å². The van der Waals surface area contributed by atoms with Crippen molar-refractivity contribution in [2.45, 2.75) is 33.7 Å². The molecule has 0 aliphatic heterocycles. The van der Waals surface area contributed by atoms with E-state index >= 15 is 0 Å². The molecule has 0 aliphatic rings. The molecule has 31 heavy (non-hydrogen) atoms. The molecule has 2 atom stereocenters. The van der Waals surface area contributed by atoms with Crippen molar-refractivity contribution in [3.8, 4) is 0 Å². The molecule has 164 valence electrons. The zero-order chi connectivity index (χ0) is 22.6. The third kappa shape index (κ3) is 5.64. The minimum atomic E-state index is -2.13. The number of hydroxylamine groups is 1. The molecule has 0 aliphatic carbocycles. The van der Waals surface area contributed by atoms with Crippen LogP contribution >= 0.6 is 0 Å². The third-order valence-corrected chi connectivity index (χ3v) is 8.10. The molecule has 0 bridgehead atoms. The molecular formula is C25H28F3NOSi. The highest BCUT2D eigenvalue weighted by molar-refractivity contribution is 6.79. The highest BCUT2D eigenvalue weighted by Gasteiger charge is 2.32. The van der Waals surface area contributed by atoms with Crippen molar-refractivity contribution in [1.29, 1.82) is 0 Å². The zero-order valence-corrected chi connectivity index (χ0v) is 19.4. The summed E-state index contributed by atoms with van der Waals surface area (Å²) >= 11 is 0. The van der Waals surface area contributed by atoms with E-state index < -0.39 is 32.5 Å². The first-order valence-electron chi connectivity index (χ1n) is 10.3. The molecule has 3 aromatic rings. The molecule has 0 heterocycles. The Labute approximate surface area is 183 Å². The molecular weight excluding hydrogens is 415 g/mol. The van der Waals surface area contributed by atoms with Crippen molar-refractivity contribution in [3.05, 3.63) is 95.8 Å². The lowest BCUT2D eigenvalue weighted by Gasteiger charge is -2.36. The number of rotatable bonds is 7. The lowest BCUT2D eigenvalue weighted by molar-refractivity contribution is 0.0866. The van der Waals surface area contributed by atoms with Gasteiger partial charge in [0.1, 0.15) is 0 Å². The zero-order valence-electron chi connectivity index (χ0n) is 18.2. The standard InChI is InChI=1S/C25H28F3NOSi/c1-17(25(2,3)4)24(18-15-21(26)23(28)22(27)16-18)29-30-31(19-11-7-5-8-12-19)20-13-9-6-10-14-20/h5-17,24,29,31H,1-4H3/t17-,24+/m0/s1. The summed E-state index contributed by atoms with van der Waals surface area (Å²) in [4.78, 5) is 0. The average molecular weight is 444 g/mol. The fraction of sp³-hybridized carbons (Fsp3) is 0.280. The molecule has 0 saturated heterocycles. The molecule has 0 saturated carbocycles.